The van der Waals surface area contributed by atoms with Crippen molar-refractivity contribution in [1.29, 1.82) is 0 Å². The maximum absolute atomic E-state index is 12.4. The highest BCUT2D eigenvalue weighted by Crippen LogP contribution is 2.31. The van der Waals surface area contributed by atoms with E-state index in [-0.39, 0.29) is 11.1 Å². The van der Waals surface area contributed by atoms with Crippen molar-refractivity contribution in [3.8, 4) is 22.6 Å². The van der Waals surface area contributed by atoms with Crippen molar-refractivity contribution in [1.82, 2.24) is 19.8 Å². The van der Waals surface area contributed by atoms with E-state index >= 15 is 0 Å². The lowest BCUT2D eigenvalue weighted by Crippen LogP contribution is -2.23. The number of hydrogen-bond donors (Lipinski definition) is 0. The predicted octanol–water partition coefficient (Wildman–Crippen LogP) is 5.13. The summed E-state index contributed by atoms with van der Waals surface area (Å²) in [5.74, 6) is 0.812. The van der Waals surface area contributed by atoms with Crippen LogP contribution in [0, 0.1) is 13.8 Å². The first-order chi connectivity index (χ1) is 15.6. The minimum atomic E-state index is -0.292. The fourth-order valence-electron chi connectivity index (χ4n) is 3.84. The Balaban J connectivity index is 1.60. The molecule has 0 aliphatic rings. The predicted molar refractivity (Wildman–Crippen MR) is 131 cm³/mol. The Hall–Kier alpha value is -3.67. The first-order valence-corrected chi connectivity index (χ1v) is 11.1. The first kappa shape index (κ1) is 22.5. The molecule has 1 heterocycles. The van der Waals surface area contributed by atoms with Crippen molar-refractivity contribution in [3.05, 3.63) is 93.4 Å². The molecule has 0 unspecified atom stereocenters. The monoisotopic (exact) mass is 442 g/mol. The molecule has 3 aromatic carbocycles. The molecular formula is C27H30N4O2. The van der Waals surface area contributed by atoms with Crippen LogP contribution in [0.15, 0.2) is 65.5 Å². The number of benzene rings is 3. The van der Waals surface area contributed by atoms with Crippen LogP contribution in [-0.4, -0.2) is 19.8 Å². The molecule has 0 saturated heterocycles. The summed E-state index contributed by atoms with van der Waals surface area (Å²) in [5, 5.41) is 7.82. The standard InChI is InChI=1S/C27H30N4O2/c1-18-9-7-12-24(31-26(32)30(6)28-29-31)23(18)17-33-25-14-13-21(15-19(25)2)20-10-8-11-22(16-20)27(3,4)5/h7-16H,17H2,1-6H3. The number of ether oxygens (including phenoxy) is 1. The van der Waals surface area contributed by atoms with E-state index in [9.17, 15) is 4.79 Å². The van der Waals surface area contributed by atoms with Crippen LogP contribution in [-0.2, 0) is 19.1 Å². The van der Waals surface area contributed by atoms with E-state index in [1.807, 2.05) is 31.2 Å². The van der Waals surface area contributed by atoms with Crippen LogP contribution >= 0.6 is 0 Å². The molecule has 0 aliphatic carbocycles. The summed E-state index contributed by atoms with van der Waals surface area (Å²) in [6, 6.07) is 20.7. The minimum Gasteiger partial charge on any atom is -0.489 e. The van der Waals surface area contributed by atoms with E-state index in [1.54, 1.807) is 7.05 Å². The van der Waals surface area contributed by atoms with Crippen molar-refractivity contribution in [2.24, 2.45) is 7.05 Å². The van der Waals surface area contributed by atoms with Crippen LogP contribution in [0.5, 0.6) is 5.75 Å². The maximum atomic E-state index is 12.4. The lowest BCUT2D eigenvalue weighted by molar-refractivity contribution is 0.302. The van der Waals surface area contributed by atoms with E-state index in [0.29, 0.717) is 12.3 Å². The summed E-state index contributed by atoms with van der Waals surface area (Å²) < 4.78 is 8.73. The molecule has 0 fully saturated rings. The van der Waals surface area contributed by atoms with Gasteiger partial charge in [0.2, 0.25) is 0 Å². The quantitative estimate of drug-likeness (QED) is 0.430. The first-order valence-electron chi connectivity index (χ1n) is 11.1. The van der Waals surface area contributed by atoms with E-state index in [1.165, 1.54) is 20.5 Å². The molecule has 1 aromatic heterocycles. The number of aryl methyl sites for hydroxylation is 3. The minimum absolute atomic E-state index is 0.102. The lowest BCUT2D eigenvalue weighted by atomic mass is 9.85. The summed E-state index contributed by atoms with van der Waals surface area (Å²) >= 11 is 0. The molecule has 6 heteroatoms. The molecular weight excluding hydrogens is 412 g/mol. The number of aromatic nitrogens is 4. The summed E-state index contributed by atoms with van der Waals surface area (Å²) in [4.78, 5) is 12.4. The van der Waals surface area contributed by atoms with Crippen LogP contribution in [0.1, 0.15) is 43.0 Å². The second-order valence-corrected chi connectivity index (χ2v) is 9.47. The third-order valence-electron chi connectivity index (χ3n) is 5.94. The Morgan fingerprint density at radius 3 is 2.27 bits per heavy atom. The summed E-state index contributed by atoms with van der Waals surface area (Å²) in [6.45, 7) is 11.1. The molecule has 0 bridgehead atoms. The molecule has 0 aliphatic heterocycles. The topological polar surface area (TPSA) is 61.9 Å². The van der Waals surface area contributed by atoms with Crippen molar-refractivity contribution in [2.45, 2.75) is 46.6 Å². The molecule has 0 N–H and O–H groups in total. The summed E-state index contributed by atoms with van der Waals surface area (Å²) in [5.41, 5.74) is 7.14. The number of tetrazole rings is 1. The summed E-state index contributed by atoms with van der Waals surface area (Å²) in [6.07, 6.45) is 0. The van der Waals surface area contributed by atoms with Crippen molar-refractivity contribution in [3.63, 3.8) is 0 Å². The second-order valence-electron chi connectivity index (χ2n) is 9.47. The van der Waals surface area contributed by atoms with Crippen LogP contribution in [0.2, 0.25) is 0 Å². The zero-order valence-electron chi connectivity index (χ0n) is 20.1. The Labute approximate surface area is 194 Å². The number of rotatable bonds is 5. The van der Waals surface area contributed by atoms with E-state index in [2.05, 4.69) is 74.5 Å². The normalized spacial score (nSPS) is 11.6. The molecule has 33 heavy (non-hydrogen) atoms. The fraction of sp³-hybridized carbons (Fsp3) is 0.296. The van der Waals surface area contributed by atoms with Crippen molar-refractivity contribution >= 4 is 0 Å². The van der Waals surface area contributed by atoms with Crippen LogP contribution in [0.4, 0.5) is 0 Å². The van der Waals surface area contributed by atoms with Gasteiger partial charge in [0.15, 0.2) is 0 Å². The smallest absolute Gasteiger partial charge is 0.368 e. The zero-order valence-corrected chi connectivity index (χ0v) is 20.1. The lowest BCUT2D eigenvalue weighted by Gasteiger charge is -2.20. The van der Waals surface area contributed by atoms with Gasteiger partial charge in [-0.15, -0.1) is 0 Å². The van der Waals surface area contributed by atoms with Gasteiger partial charge in [0.25, 0.3) is 0 Å². The highest BCUT2D eigenvalue weighted by atomic mass is 16.5. The maximum Gasteiger partial charge on any atom is 0.368 e. The average Bonchev–Trinajstić information content (AvgIpc) is 3.11. The van der Waals surface area contributed by atoms with Gasteiger partial charge in [-0.25, -0.2) is 4.79 Å². The molecule has 0 saturated carbocycles. The number of hydrogen-bond acceptors (Lipinski definition) is 4. The van der Waals surface area contributed by atoms with Gasteiger partial charge in [0.1, 0.15) is 12.4 Å². The van der Waals surface area contributed by atoms with Crippen molar-refractivity contribution in [2.75, 3.05) is 0 Å². The van der Waals surface area contributed by atoms with Gasteiger partial charge in [-0.2, -0.15) is 9.36 Å². The molecule has 6 nitrogen and oxygen atoms in total. The Morgan fingerprint density at radius 1 is 0.879 bits per heavy atom. The molecule has 170 valence electrons. The largest absolute Gasteiger partial charge is 0.489 e. The highest BCUT2D eigenvalue weighted by Gasteiger charge is 2.16. The molecule has 0 spiro atoms. The van der Waals surface area contributed by atoms with Gasteiger partial charge in [-0.1, -0.05) is 63.2 Å². The van der Waals surface area contributed by atoms with Crippen LogP contribution < -0.4 is 10.4 Å². The SMILES string of the molecule is Cc1cc(-c2cccc(C(C)(C)C)c2)ccc1OCc1c(C)cccc1-n1nnn(C)c1=O. The third-order valence-corrected chi connectivity index (χ3v) is 5.94. The average molecular weight is 443 g/mol. The van der Waals surface area contributed by atoms with E-state index in [0.717, 1.165) is 28.0 Å². The number of nitrogens with zero attached hydrogens (tertiary/aromatic N) is 4. The summed E-state index contributed by atoms with van der Waals surface area (Å²) in [7, 11) is 1.58. The molecule has 0 amide bonds. The van der Waals surface area contributed by atoms with Gasteiger partial charge in [0.05, 0.1) is 5.69 Å². The van der Waals surface area contributed by atoms with Gasteiger partial charge in [-0.3, -0.25) is 0 Å². The van der Waals surface area contributed by atoms with Gasteiger partial charge in [-0.05, 0) is 75.7 Å². The Morgan fingerprint density at radius 2 is 1.61 bits per heavy atom. The Bertz CT molecular complexity index is 1360. The fourth-order valence-corrected chi connectivity index (χ4v) is 3.84. The van der Waals surface area contributed by atoms with Crippen LogP contribution in [0.3, 0.4) is 0 Å². The van der Waals surface area contributed by atoms with Crippen LogP contribution in [0.25, 0.3) is 16.8 Å². The zero-order chi connectivity index (χ0) is 23.8. The molecule has 4 rings (SSSR count). The van der Waals surface area contributed by atoms with Gasteiger partial charge >= 0.3 is 5.69 Å². The van der Waals surface area contributed by atoms with Crippen molar-refractivity contribution < 1.29 is 4.74 Å². The molecule has 0 radical (unpaired) electrons. The van der Waals surface area contributed by atoms with Gasteiger partial charge < -0.3 is 4.74 Å². The Kier molecular flexibility index (Phi) is 5.93. The van der Waals surface area contributed by atoms with E-state index < -0.39 is 0 Å². The second kappa shape index (κ2) is 8.70. The van der Waals surface area contributed by atoms with Gasteiger partial charge in [0, 0.05) is 12.6 Å². The highest BCUT2D eigenvalue weighted by molar-refractivity contribution is 5.66. The molecule has 4 aromatic rings. The third kappa shape index (κ3) is 4.60. The van der Waals surface area contributed by atoms with E-state index in [4.69, 9.17) is 4.74 Å². The molecule has 0 atom stereocenters.